The number of hydrogen-bond acceptors (Lipinski definition) is 2. The molecule has 0 aliphatic carbocycles. The monoisotopic (exact) mass is 156 g/mol. The van der Waals surface area contributed by atoms with Crippen molar-refractivity contribution in [1.82, 2.24) is 0 Å². The van der Waals surface area contributed by atoms with Gasteiger partial charge in [-0.2, -0.15) is 0 Å². The minimum atomic E-state index is -0.0441. The van der Waals surface area contributed by atoms with Crippen molar-refractivity contribution in [3.05, 3.63) is 0 Å². The molecule has 2 nitrogen and oxygen atoms in total. The summed E-state index contributed by atoms with van der Waals surface area (Å²) in [4.78, 5) is 10.9. The van der Waals surface area contributed by atoms with Crippen molar-refractivity contribution >= 4 is 5.97 Å². The van der Waals surface area contributed by atoms with E-state index in [1.165, 1.54) is 0 Å². The van der Waals surface area contributed by atoms with E-state index in [0.29, 0.717) is 12.3 Å². The quantitative estimate of drug-likeness (QED) is 0.501. The van der Waals surface area contributed by atoms with Crippen LogP contribution in [0.15, 0.2) is 0 Å². The Balaban J connectivity index is 2.67. The van der Waals surface area contributed by atoms with E-state index >= 15 is 0 Å². The largest absolute Gasteiger partial charge is 0.462 e. The summed E-state index contributed by atoms with van der Waals surface area (Å²) in [6.07, 6.45) is 0.687. The third kappa shape index (κ3) is 1.73. The van der Waals surface area contributed by atoms with Gasteiger partial charge in [-0.05, 0) is 12.3 Å². The molecule has 1 aliphatic rings. The molecule has 0 N–H and O–H groups in total. The number of carbonyl (C=O) groups excluding carboxylic acids is 1. The molecule has 0 spiro atoms. The molecule has 1 rings (SSSR count). The summed E-state index contributed by atoms with van der Waals surface area (Å²) >= 11 is 0. The lowest BCUT2D eigenvalue weighted by atomic mass is 9.77. The van der Waals surface area contributed by atoms with Crippen molar-refractivity contribution in [2.45, 2.75) is 40.2 Å². The molecule has 64 valence electrons. The minimum absolute atomic E-state index is 0.0441. The molecule has 1 heterocycles. The first-order valence-corrected chi connectivity index (χ1v) is 4.11. The van der Waals surface area contributed by atoms with Gasteiger partial charge >= 0.3 is 5.97 Å². The van der Waals surface area contributed by atoms with Crippen LogP contribution >= 0.6 is 0 Å². The SMILES string of the molecule is CC1OC(=O)CC1C(C)(C)C. The number of esters is 1. The van der Waals surface area contributed by atoms with E-state index in [2.05, 4.69) is 20.8 Å². The molecular formula is C9H16O2. The second kappa shape index (κ2) is 2.50. The summed E-state index contributed by atoms with van der Waals surface area (Å²) in [6.45, 7) is 8.42. The maximum absolute atomic E-state index is 10.9. The van der Waals surface area contributed by atoms with Crippen LogP contribution in [0.25, 0.3) is 0 Å². The molecule has 0 radical (unpaired) electrons. The van der Waals surface area contributed by atoms with E-state index in [1.807, 2.05) is 6.92 Å². The van der Waals surface area contributed by atoms with Gasteiger partial charge in [-0.1, -0.05) is 20.8 Å². The van der Waals surface area contributed by atoms with Crippen LogP contribution in [0.4, 0.5) is 0 Å². The number of carbonyl (C=O) groups is 1. The first-order valence-electron chi connectivity index (χ1n) is 4.11. The van der Waals surface area contributed by atoms with Gasteiger partial charge in [-0.15, -0.1) is 0 Å². The first-order chi connectivity index (χ1) is 4.91. The van der Waals surface area contributed by atoms with Crippen molar-refractivity contribution in [3.63, 3.8) is 0 Å². The Kier molecular flexibility index (Phi) is 1.95. The van der Waals surface area contributed by atoms with Gasteiger partial charge < -0.3 is 4.74 Å². The smallest absolute Gasteiger partial charge is 0.306 e. The fourth-order valence-electron chi connectivity index (χ4n) is 1.69. The third-order valence-electron chi connectivity index (χ3n) is 2.38. The molecular weight excluding hydrogens is 140 g/mol. The van der Waals surface area contributed by atoms with Gasteiger partial charge in [-0.3, -0.25) is 4.79 Å². The van der Waals surface area contributed by atoms with Crippen LogP contribution in [0.1, 0.15) is 34.1 Å². The molecule has 0 aromatic rings. The first kappa shape index (κ1) is 8.57. The summed E-state index contributed by atoms with van der Waals surface area (Å²) in [5.41, 5.74) is 0.186. The highest BCUT2D eigenvalue weighted by atomic mass is 16.5. The molecule has 1 saturated heterocycles. The van der Waals surface area contributed by atoms with Gasteiger partial charge in [-0.25, -0.2) is 0 Å². The van der Waals surface area contributed by atoms with Crippen molar-refractivity contribution in [3.8, 4) is 0 Å². The molecule has 0 aromatic heterocycles. The summed E-state index contributed by atoms with van der Waals surface area (Å²) < 4.78 is 5.06. The van der Waals surface area contributed by atoms with Gasteiger partial charge in [0, 0.05) is 5.92 Å². The number of hydrogen-bond donors (Lipinski definition) is 0. The molecule has 2 atom stereocenters. The standard InChI is InChI=1S/C9H16O2/c1-6-7(9(2,3)4)5-8(10)11-6/h6-7H,5H2,1-4H3. The van der Waals surface area contributed by atoms with Crippen LogP contribution in [-0.4, -0.2) is 12.1 Å². The number of ether oxygens (including phenoxy) is 1. The fraction of sp³-hybridized carbons (Fsp3) is 0.889. The Hall–Kier alpha value is -0.530. The van der Waals surface area contributed by atoms with Gasteiger partial charge in [0.05, 0.1) is 6.42 Å². The molecule has 11 heavy (non-hydrogen) atoms. The summed E-state index contributed by atoms with van der Waals surface area (Å²) in [7, 11) is 0. The predicted molar refractivity (Wildman–Crippen MR) is 43.1 cm³/mol. The van der Waals surface area contributed by atoms with Gasteiger partial charge in [0.1, 0.15) is 6.10 Å². The van der Waals surface area contributed by atoms with Crippen LogP contribution in [0.2, 0.25) is 0 Å². The maximum atomic E-state index is 10.9. The zero-order valence-corrected chi connectivity index (χ0v) is 7.68. The van der Waals surface area contributed by atoms with Gasteiger partial charge in [0.15, 0.2) is 0 Å². The van der Waals surface area contributed by atoms with Crippen molar-refractivity contribution < 1.29 is 9.53 Å². The highest BCUT2D eigenvalue weighted by Gasteiger charge is 2.39. The van der Waals surface area contributed by atoms with Crippen LogP contribution in [0.3, 0.4) is 0 Å². The molecule has 2 heteroatoms. The normalized spacial score (nSPS) is 32.2. The average Bonchev–Trinajstić information content (AvgIpc) is 2.08. The molecule has 0 bridgehead atoms. The van der Waals surface area contributed by atoms with E-state index in [0.717, 1.165) is 0 Å². The number of cyclic esters (lactones) is 1. The molecule has 0 aromatic carbocycles. The van der Waals surface area contributed by atoms with E-state index < -0.39 is 0 Å². The van der Waals surface area contributed by atoms with Crippen LogP contribution in [0.5, 0.6) is 0 Å². The van der Waals surface area contributed by atoms with E-state index in [1.54, 1.807) is 0 Å². The summed E-state index contributed by atoms with van der Waals surface area (Å²) in [5, 5.41) is 0. The lowest BCUT2D eigenvalue weighted by Crippen LogP contribution is -2.26. The third-order valence-corrected chi connectivity index (χ3v) is 2.38. The minimum Gasteiger partial charge on any atom is -0.462 e. The topological polar surface area (TPSA) is 26.3 Å². The van der Waals surface area contributed by atoms with Crippen LogP contribution < -0.4 is 0 Å². The summed E-state index contributed by atoms with van der Waals surface area (Å²) in [6, 6.07) is 0. The van der Waals surface area contributed by atoms with Crippen molar-refractivity contribution in [2.24, 2.45) is 11.3 Å². The van der Waals surface area contributed by atoms with Crippen molar-refractivity contribution in [1.29, 1.82) is 0 Å². The number of rotatable bonds is 0. The lowest BCUT2D eigenvalue weighted by molar-refractivity contribution is -0.140. The van der Waals surface area contributed by atoms with Gasteiger partial charge in [0.25, 0.3) is 0 Å². The van der Waals surface area contributed by atoms with Crippen LogP contribution in [-0.2, 0) is 9.53 Å². The zero-order valence-electron chi connectivity index (χ0n) is 7.68. The Morgan fingerprint density at radius 1 is 1.45 bits per heavy atom. The average molecular weight is 156 g/mol. The molecule has 1 aliphatic heterocycles. The molecule has 2 unspecified atom stereocenters. The van der Waals surface area contributed by atoms with Crippen molar-refractivity contribution in [2.75, 3.05) is 0 Å². The lowest BCUT2D eigenvalue weighted by Gasteiger charge is -2.27. The maximum Gasteiger partial charge on any atom is 0.306 e. The Morgan fingerprint density at radius 3 is 2.18 bits per heavy atom. The molecule has 0 amide bonds. The van der Waals surface area contributed by atoms with E-state index in [4.69, 9.17) is 4.74 Å². The molecule has 1 fully saturated rings. The second-order valence-corrected chi connectivity index (χ2v) is 4.37. The highest BCUT2D eigenvalue weighted by Crippen LogP contribution is 2.37. The predicted octanol–water partition coefficient (Wildman–Crippen LogP) is 1.98. The fourth-order valence-corrected chi connectivity index (χ4v) is 1.69. The van der Waals surface area contributed by atoms with Gasteiger partial charge in [0.2, 0.25) is 0 Å². The van der Waals surface area contributed by atoms with Crippen LogP contribution in [0, 0.1) is 11.3 Å². The van der Waals surface area contributed by atoms with E-state index in [-0.39, 0.29) is 17.5 Å². The molecule has 0 saturated carbocycles. The zero-order chi connectivity index (χ0) is 8.65. The highest BCUT2D eigenvalue weighted by molar-refractivity contribution is 5.72. The Morgan fingerprint density at radius 2 is 2.00 bits per heavy atom. The Labute approximate surface area is 67.9 Å². The second-order valence-electron chi connectivity index (χ2n) is 4.37. The Bertz CT molecular complexity index is 167. The van der Waals surface area contributed by atoms with E-state index in [9.17, 15) is 4.79 Å². The summed E-state index contributed by atoms with van der Waals surface area (Å²) in [5.74, 6) is 0.340.